The summed E-state index contributed by atoms with van der Waals surface area (Å²) in [6, 6.07) is 11.8. The van der Waals surface area contributed by atoms with E-state index >= 15 is 0 Å². The van der Waals surface area contributed by atoms with Gasteiger partial charge in [0.1, 0.15) is 5.75 Å². The van der Waals surface area contributed by atoms with Crippen LogP contribution in [0.5, 0.6) is 5.75 Å². The molecule has 3 rings (SSSR count). The highest BCUT2D eigenvalue weighted by atomic mass is 16.6. The second kappa shape index (κ2) is 9.87. The van der Waals surface area contributed by atoms with Gasteiger partial charge in [0.2, 0.25) is 0 Å². The van der Waals surface area contributed by atoms with Crippen molar-refractivity contribution in [1.29, 1.82) is 0 Å². The van der Waals surface area contributed by atoms with E-state index < -0.39 is 38.6 Å². The van der Waals surface area contributed by atoms with Crippen molar-refractivity contribution in [3.05, 3.63) is 104 Å². The van der Waals surface area contributed by atoms with Crippen molar-refractivity contribution in [2.75, 3.05) is 7.11 Å². The lowest BCUT2D eigenvalue weighted by Gasteiger charge is -2.15. The van der Waals surface area contributed by atoms with Gasteiger partial charge in [-0.1, -0.05) is 0 Å². The van der Waals surface area contributed by atoms with Crippen molar-refractivity contribution in [3.8, 4) is 5.75 Å². The number of imide groups is 1. The molecule has 3 aromatic rings. The number of hydrogen-bond donors (Lipinski definition) is 0. The summed E-state index contributed by atoms with van der Waals surface area (Å²) in [7, 11) is 1.49. The summed E-state index contributed by atoms with van der Waals surface area (Å²) < 4.78 is 5.07. The number of hydrogen-bond acceptors (Lipinski definition) is 9. The third-order valence-electron chi connectivity index (χ3n) is 4.30. The highest BCUT2D eigenvalue weighted by Crippen LogP contribution is 2.24. The molecule has 0 unspecified atom stereocenters. The van der Waals surface area contributed by atoms with Crippen molar-refractivity contribution in [2.45, 2.75) is 0 Å². The topological polar surface area (TPSA) is 158 Å². The Bertz CT molecular complexity index is 1210. The van der Waals surface area contributed by atoms with Gasteiger partial charge < -0.3 is 4.74 Å². The molecule has 0 saturated carbocycles. The SMILES string of the molecule is COc1ccc(/C=N/N(C(=O)c2cccnc2)C(=O)c2cc([N+](=O)[O-])cc([N+](=O)[O-])c2)cc1. The van der Waals surface area contributed by atoms with Crippen LogP contribution in [0.15, 0.2) is 72.1 Å². The highest BCUT2D eigenvalue weighted by Gasteiger charge is 2.28. The lowest BCUT2D eigenvalue weighted by molar-refractivity contribution is -0.394. The molecule has 0 saturated heterocycles. The van der Waals surface area contributed by atoms with Gasteiger partial charge in [0.05, 0.1) is 40.4 Å². The number of nitro benzene ring substituents is 2. The third-order valence-corrected chi connectivity index (χ3v) is 4.30. The van der Waals surface area contributed by atoms with Crippen LogP contribution in [0.3, 0.4) is 0 Å². The zero-order valence-electron chi connectivity index (χ0n) is 17.0. The Morgan fingerprint density at radius 3 is 2.09 bits per heavy atom. The average molecular weight is 449 g/mol. The van der Waals surface area contributed by atoms with Gasteiger partial charge in [-0.15, -0.1) is 0 Å². The Morgan fingerprint density at radius 1 is 0.970 bits per heavy atom. The smallest absolute Gasteiger partial charge is 0.283 e. The van der Waals surface area contributed by atoms with Crippen LogP contribution in [0.4, 0.5) is 11.4 Å². The number of nitro groups is 2. The maximum atomic E-state index is 13.1. The molecule has 0 aliphatic carbocycles. The molecule has 33 heavy (non-hydrogen) atoms. The molecule has 0 atom stereocenters. The number of methoxy groups -OCH3 is 1. The Labute approximate surface area is 186 Å². The second-order valence-corrected chi connectivity index (χ2v) is 6.43. The zero-order valence-corrected chi connectivity index (χ0v) is 17.0. The minimum absolute atomic E-state index is 0.0117. The molecular weight excluding hydrogens is 434 g/mol. The predicted molar refractivity (Wildman–Crippen MR) is 115 cm³/mol. The lowest BCUT2D eigenvalue weighted by atomic mass is 10.1. The number of ether oxygens (including phenoxy) is 1. The van der Waals surface area contributed by atoms with Gasteiger partial charge in [0, 0.05) is 24.5 Å². The van der Waals surface area contributed by atoms with Gasteiger partial charge in [0.15, 0.2) is 0 Å². The van der Waals surface area contributed by atoms with Crippen LogP contribution in [0.25, 0.3) is 0 Å². The number of non-ortho nitro benzene ring substituents is 2. The number of carbonyl (C=O) groups excluding carboxylic acids is 2. The van der Waals surface area contributed by atoms with Crippen molar-refractivity contribution >= 4 is 29.4 Å². The Kier molecular flexibility index (Phi) is 6.78. The second-order valence-electron chi connectivity index (χ2n) is 6.43. The van der Waals surface area contributed by atoms with Crippen LogP contribution in [0.1, 0.15) is 26.3 Å². The van der Waals surface area contributed by atoms with Crippen molar-refractivity contribution < 1.29 is 24.2 Å². The number of rotatable bonds is 7. The normalized spacial score (nSPS) is 10.6. The first-order valence-corrected chi connectivity index (χ1v) is 9.21. The van der Waals surface area contributed by atoms with Gasteiger partial charge in [-0.3, -0.25) is 34.8 Å². The zero-order chi connectivity index (χ0) is 24.0. The lowest BCUT2D eigenvalue weighted by Crippen LogP contribution is -2.32. The van der Waals surface area contributed by atoms with Crippen molar-refractivity contribution in [1.82, 2.24) is 9.99 Å². The Balaban J connectivity index is 2.05. The fraction of sp³-hybridized carbons (Fsp3) is 0.0476. The molecule has 166 valence electrons. The van der Waals surface area contributed by atoms with Gasteiger partial charge in [-0.25, -0.2) is 0 Å². The quantitative estimate of drug-likeness (QED) is 0.230. The number of benzene rings is 2. The number of aromatic nitrogens is 1. The van der Waals surface area contributed by atoms with E-state index in [-0.39, 0.29) is 5.56 Å². The molecule has 0 N–H and O–H groups in total. The van der Waals surface area contributed by atoms with E-state index in [4.69, 9.17) is 4.74 Å². The van der Waals surface area contributed by atoms with Crippen LogP contribution in [0, 0.1) is 20.2 Å². The van der Waals surface area contributed by atoms with E-state index in [1.807, 2.05) is 0 Å². The number of hydrazone groups is 1. The molecule has 0 aliphatic heterocycles. The molecule has 1 heterocycles. The van der Waals surface area contributed by atoms with Crippen LogP contribution in [-0.2, 0) is 0 Å². The van der Waals surface area contributed by atoms with Crippen LogP contribution in [-0.4, -0.2) is 45.0 Å². The van der Waals surface area contributed by atoms with Crippen molar-refractivity contribution in [2.24, 2.45) is 5.10 Å². The fourth-order valence-corrected chi connectivity index (χ4v) is 2.67. The summed E-state index contributed by atoms with van der Waals surface area (Å²) in [5.41, 5.74) is -1.30. The molecule has 12 heteroatoms. The maximum absolute atomic E-state index is 13.1. The largest absolute Gasteiger partial charge is 0.497 e. The Morgan fingerprint density at radius 2 is 1.58 bits per heavy atom. The molecule has 12 nitrogen and oxygen atoms in total. The summed E-state index contributed by atoms with van der Waals surface area (Å²) in [6.45, 7) is 0. The summed E-state index contributed by atoms with van der Waals surface area (Å²) >= 11 is 0. The number of nitrogens with zero attached hydrogens (tertiary/aromatic N) is 5. The first-order valence-electron chi connectivity index (χ1n) is 9.21. The molecule has 0 spiro atoms. The van der Waals surface area contributed by atoms with Gasteiger partial charge >= 0.3 is 0 Å². The molecule has 2 aromatic carbocycles. The molecule has 2 amide bonds. The van der Waals surface area contributed by atoms with E-state index in [0.29, 0.717) is 22.4 Å². The standard InChI is InChI=1S/C21H15N5O7/c1-33-19-6-4-14(5-7-19)12-23-24(20(27)15-3-2-8-22-13-15)21(28)16-9-17(25(29)30)11-18(10-16)26(31)32/h2-13H,1H3/b23-12+. The van der Waals surface area contributed by atoms with Crippen LogP contribution >= 0.6 is 0 Å². The summed E-state index contributed by atoms with van der Waals surface area (Å²) in [5.74, 6) is -1.40. The monoisotopic (exact) mass is 449 g/mol. The highest BCUT2D eigenvalue weighted by molar-refractivity contribution is 6.11. The minimum Gasteiger partial charge on any atom is -0.497 e. The van der Waals surface area contributed by atoms with Crippen LogP contribution < -0.4 is 4.74 Å². The number of carbonyl (C=O) groups is 2. The molecular formula is C21H15N5O7. The van der Waals surface area contributed by atoms with Gasteiger partial charge in [-0.2, -0.15) is 10.1 Å². The average Bonchev–Trinajstić information content (AvgIpc) is 2.84. The van der Waals surface area contributed by atoms with Crippen LogP contribution in [0.2, 0.25) is 0 Å². The summed E-state index contributed by atoms with van der Waals surface area (Å²) in [6.07, 6.45) is 3.85. The summed E-state index contributed by atoms with van der Waals surface area (Å²) in [4.78, 5) is 50.6. The summed E-state index contributed by atoms with van der Waals surface area (Å²) in [5, 5.41) is 26.8. The molecule has 0 aliphatic rings. The third kappa shape index (κ3) is 5.38. The molecule has 0 bridgehead atoms. The fourth-order valence-electron chi connectivity index (χ4n) is 2.67. The van der Waals surface area contributed by atoms with Crippen molar-refractivity contribution in [3.63, 3.8) is 0 Å². The Hall–Kier alpha value is -5.00. The van der Waals surface area contributed by atoms with E-state index in [2.05, 4.69) is 10.1 Å². The number of amides is 2. The van der Waals surface area contributed by atoms with E-state index in [9.17, 15) is 29.8 Å². The van der Waals surface area contributed by atoms with E-state index in [1.165, 1.54) is 37.9 Å². The predicted octanol–water partition coefficient (Wildman–Crippen LogP) is 3.22. The molecule has 1 aromatic heterocycles. The first kappa shape index (κ1) is 22.7. The van der Waals surface area contributed by atoms with Gasteiger partial charge in [0.25, 0.3) is 23.2 Å². The van der Waals surface area contributed by atoms with E-state index in [0.717, 1.165) is 12.1 Å². The first-order chi connectivity index (χ1) is 15.8. The molecule has 0 fully saturated rings. The van der Waals surface area contributed by atoms with Gasteiger partial charge in [-0.05, 0) is 42.0 Å². The van der Waals surface area contributed by atoms with E-state index in [1.54, 1.807) is 24.3 Å². The maximum Gasteiger partial charge on any atom is 0.283 e. The number of pyridine rings is 1. The molecule has 0 radical (unpaired) electrons. The minimum atomic E-state index is -1.10.